The van der Waals surface area contributed by atoms with Crippen LogP contribution in [0.2, 0.25) is 0 Å². The van der Waals surface area contributed by atoms with Crippen LogP contribution in [0.1, 0.15) is 41.0 Å². The van der Waals surface area contributed by atoms with E-state index >= 15 is 0 Å². The molecule has 1 rings (SSSR count). The first-order valence-electron chi connectivity index (χ1n) is 7.69. The number of rotatable bonds is 3. The van der Waals surface area contributed by atoms with E-state index in [4.69, 9.17) is 4.74 Å². The predicted molar refractivity (Wildman–Crippen MR) is 91.3 cm³/mol. The SMILES string of the molecule is CN=C(C1=CCN(C(=O)OC(C)(C)C)CC1)/C(C)=C(\C)NC. The molecule has 0 saturated heterocycles. The third-order valence-electron chi connectivity index (χ3n) is 3.68. The number of carbonyl (C=O) groups is 1. The Balaban J connectivity index is 2.82. The smallest absolute Gasteiger partial charge is 0.410 e. The van der Waals surface area contributed by atoms with Crippen molar-refractivity contribution in [2.24, 2.45) is 4.99 Å². The van der Waals surface area contributed by atoms with E-state index in [1.54, 1.807) is 4.90 Å². The van der Waals surface area contributed by atoms with Gasteiger partial charge >= 0.3 is 6.09 Å². The van der Waals surface area contributed by atoms with E-state index in [0.29, 0.717) is 13.1 Å². The van der Waals surface area contributed by atoms with Crippen LogP contribution < -0.4 is 5.32 Å². The van der Waals surface area contributed by atoms with Gasteiger partial charge in [0.2, 0.25) is 0 Å². The average molecular weight is 307 g/mol. The average Bonchev–Trinajstić information content (AvgIpc) is 2.45. The van der Waals surface area contributed by atoms with Gasteiger partial charge < -0.3 is 15.0 Å². The second kappa shape index (κ2) is 7.47. The summed E-state index contributed by atoms with van der Waals surface area (Å²) in [5, 5.41) is 3.16. The zero-order chi connectivity index (χ0) is 16.9. The monoisotopic (exact) mass is 307 g/mol. The Labute approximate surface area is 134 Å². The van der Waals surface area contributed by atoms with E-state index in [1.807, 2.05) is 41.8 Å². The first kappa shape index (κ1) is 18.3. The zero-order valence-corrected chi connectivity index (χ0v) is 14.9. The number of hydrogen-bond donors (Lipinski definition) is 1. The molecule has 0 bridgehead atoms. The van der Waals surface area contributed by atoms with Crippen molar-refractivity contribution >= 4 is 11.8 Å². The number of ether oxygens (including phenoxy) is 1. The van der Waals surface area contributed by atoms with Gasteiger partial charge in [0.1, 0.15) is 5.60 Å². The molecule has 22 heavy (non-hydrogen) atoms. The predicted octanol–water partition coefficient (Wildman–Crippen LogP) is 3.14. The molecular weight excluding hydrogens is 278 g/mol. The maximum Gasteiger partial charge on any atom is 0.410 e. The van der Waals surface area contributed by atoms with Gasteiger partial charge in [-0.05, 0) is 52.2 Å². The zero-order valence-electron chi connectivity index (χ0n) is 14.9. The second-order valence-corrected chi connectivity index (χ2v) is 6.48. The van der Waals surface area contributed by atoms with Crippen molar-refractivity contribution in [2.45, 2.75) is 46.6 Å². The largest absolute Gasteiger partial charge is 0.444 e. The summed E-state index contributed by atoms with van der Waals surface area (Å²) in [4.78, 5) is 18.2. The molecule has 0 atom stereocenters. The normalized spacial score (nSPS) is 17.7. The molecule has 0 unspecified atom stereocenters. The lowest BCUT2D eigenvalue weighted by atomic mass is 9.97. The van der Waals surface area contributed by atoms with Crippen LogP contribution in [-0.2, 0) is 4.74 Å². The Bertz CT molecular complexity index is 510. The quantitative estimate of drug-likeness (QED) is 0.815. The molecule has 0 aromatic heterocycles. The van der Waals surface area contributed by atoms with Crippen LogP contribution in [0.5, 0.6) is 0 Å². The van der Waals surface area contributed by atoms with Crippen LogP contribution in [-0.4, -0.2) is 49.5 Å². The van der Waals surface area contributed by atoms with Crippen LogP contribution >= 0.6 is 0 Å². The van der Waals surface area contributed by atoms with Crippen molar-refractivity contribution in [1.29, 1.82) is 0 Å². The third kappa shape index (κ3) is 4.90. The topological polar surface area (TPSA) is 53.9 Å². The lowest BCUT2D eigenvalue weighted by Gasteiger charge is -2.30. The Kier molecular flexibility index (Phi) is 6.21. The maximum absolute atomic E-state index is 12.1. The first-order valence-corrected chi connectivity index (χ1v) is 7.69. The van der Waals surface area contributed by atoms with Crippen molar-refractivity contribution < 1.29 is 9.53 Å². The maximum atomic E-state index is 12.1. The fourth-order valence-electron chi connectivity index (χ4n) is 2.29. The highest BCUT2D eigenvalue weighted by Crippen LogP contribution is 2.20. The lowest BCUT2D eigenvalue weighted by Crippen LogP contribution is -2.39. The number of nitrogens with one attached hydrogen (secondary N) is 1. The summed E-state index contributed by atoms with van der Waals surface area (Å²) in [6.07, 6.45) is 2.61. The molecular formula is C17H29N3O2. The van der Waals surface area contributed by atoms with E-state index in [-0.39, 0.29) is 6.09 Å². The minimum Gasteiger partial charge on any atom is -0.444 e. The van der Waals surface area contributed by atoms with E-state index in [2.05, 4.69) is 23.3 Å². The summed E-state index contributed by atoms with van der Waals surface area (Å²) < 4.78 is 5.41. The molecule has 5 heteroatoms. The van der Waals surface area contributed by atoms with E-state index in [0.717, 1.165) is 23.4 Å². The molecule has 1 heterocycles. The molecule has 1 amide bonds. The summed E-state index contributed by atoms with van der Waals surface area (Å²) in [5.41, 5.74) is 3.99. The molecule has 124 valence electrons. The Morgan fingerprint density at radius 3 is 2.41 bits per heavy atom. The summed E-state index contributed by atoms with van der Waals surface area (Å²) >= 11 is 0. The number of hydrogen-bond acceptors (Lipinski definition) is 4. The van der Waals surface area contributed by atoms with Gasteiger partial charge in [0.25, 0.3) is 0 Å². The van der Waals surface area contributed by atoms with Gasteiger partial charge in [-0.1, -0.05) is 6.08 Å². The molecule has 0 aromatic carbocycles. The Morgan fingerprint density at radius 1 is 1.36 bits per heavy atom. The molecule has 1 aliphatic rings. The van der Waals surface area contributed by atoms with Crippen molar-refractivity contribution in [3.05, 3.63) is 22.9 Å². The standard InChI is InChI=1S/C17H29N3O2/c1-12(13(2)18-6)15(19-7)14-8-10-20(11-9-14)16(21)22-17(3,4)5/h8,18H,9-11H2,1-7H3/b13-12+,19-15?. The molecule has 0 aromatic rings. The highest BCUT2D eigenvalue weighted by Gasteiger charge is 2.25. The molecule has 0 saturated carbocycles. The van der Waals surface area contributed by atoms with Crippen LogP contribution in [0.4, 0.5) is 4.79 Å². The van der Waals surface area contributed by atoms with Gasteiger partial charge in [-0.15, -0.1) is 0 Å². The molecule has 0 fully saturated rings. The molecule has 0 aliphatic carbocycles. The molecule has 1 aliphatic heterocycles. The van der Waals surface area contributed by atoms with Gasteiger partial charge in [0.15, 0.2) is 0 Å². The van der Waals surface area contributed by atoms with Crippen molar-refractivity contribution in [1.82, 2.24) is 10.2 Å². The molecule has 1 N–H and O–H groups in total. The molecule has 0 spiro atoms. The van der Waals surface area contributed by atoms with Gasteiger partial charge in [-0.3, -0.25) is 4.99 Å². The first-order chi connectivity index (χ1) is 10.2. The highest BCUT2D eigenvalue weighted by atomic mass is 16.6. The lowest BCUT2D eigenvalue weighted by molar-refractivity contribution is 0.0267. The summed E-state index contributed by atoms with van der Waals surface area (Å²) in [6.45, 7) is 11.0. The van der Waals surface area contributed by atoms with Crippen molar-refractivity contribution in [3.63, 3.8) is 0 Å². The van der Waals surface area contributed by atoms with Crippen LogP contribution in [0.15, 0.2) is 27.9 Å². The third-order valence-corrected chi connectivity index (χ3v) is 3.68. The van der Waals surface area contributed by atoms with E-state index in [9.17, 15) is 4.79 Å². The van der Waals surface area contributed by atoms with Crippen LogP contribution in [0, 0.1) is 0 Å². The number of nitrogens with zero attached hydrogens (tertiary/aromatic N) is 2. The minimum absolute atomic E-state index is 0.253. The van der Waals surface area contributed by atoms with Crippen LogP contribution in [0.3, 0.4) is 0 Å². The van der Waals surface area contributed by atoms with Gasteiger partial charge in [0, 0.05) is 32.9 Å². The summed E-state index contributed by atoms with van der Waals surface area (Å²) in [7, 11) is 3.72. The Hall–Kier alpha value is -1.78. The van der Waals surface area contributed by atoms with E-state index in [1.165, 1.54) is 5.57 Å². The minimum atomic E-state index is -0.458. The molecule has 0 radical (unpaired) electrons. The van der Waals surface area contributed by atoms with Gasteiger partial charge in [-0.25, -0.2) is 4.79 Å². The van der Waals surface area contributed by atoms with Crippen molar-refractivity contribution in [3.8, 4) is 0 Å². The number of aliphatic imine (C=N–C) groups is 1. The molecule has 5 nitrogen and oxygen atoms in total. The number of allylic oxidation sites excluding steroid dienone is 2. The van der Waals surface area contributed by atoms with Gasteiger partial charge in [0.05, 0.1) is 5.71 Å². The van der Waals surface area contributed by atoms with Crippen molar-refractivity contribution in [2.75, 3.05) is 27.2 Å². The number of carbonyl (C=O) groups excluding carboxylic acids is 1. The highest BCUT2D eigenvalue weighted by molar-refractivity contribution is 6.12. The van der Waals surface area contributed by atoms with Crippen LogP contribution in [0.25, 0.3) is 0 Å². The summed E-state index contributed by atoms with van der Waals surface area (Å²) in [5.74, 6) is 0. The number of amides is 1. The fraction of sp³-hybridized carbons (Fsp3) is 0.647. The second-order valence-electron chi connectivity index (χ2n) is 6.48. The van der Waals surface area contributed by atoms with E-state index < -0.39 is 5.60 Å². The fourth-order valence-corrected chi connectivity index (χ4v) is 2.29. The van der Waals surface area contributed by atoms with Gasteiger partial charge in [-0.2, -0.15) is 0 Å². The summed E-state index contributed by atoms with van der Waals surface area (Å²) in [6, 6.07) is 0. The Morgan fingerprint density at radius 2 is 2.00 bits per heavy atom.